The maximum Gasteiger partial charge on any atom is 0.221 e. The molecule has 2 aromatic carbocycles. The molecule has 23 heavy (non-hydrogen) atoms. The Bertz CT molecular complexity index is 716. The molecule has 1 aliphatic heterocycles. The predicted molar refractivity (Wildman–Crippen MR) is 93.0 cm³/mol. The summed E-state index contributed by atoms with van der Waals surface area (Å²) < 4.78 is 6.01. The molecule has 0 aliphatic carbocycles. The van der Waals surface area contributed by atoms with Gasteiger partial charge in [0.25, 0.3) is 0 Å². The lowest BCUT2D eigenvalue weighted by Crippen LogP contribution is -2.28. The number of fused-ring (bicyclic) bond motifs is 1. The second kappa shape index (κ2) is 6.20. The largest absolute Gasteiger partial charge is 0.487 e. The molecule has 0 bridgehead atoms. The second-order valence-corrected chi connectivity index (χ2v) is 5.76. The van der Waals surface area contributed by atoms with Gasteiger partial charge in [-0.25, -0.2) is 0 Å². The maximum absolute atomic E-state index is 11.4. The van der Waals surface area contributed by atoms with Crippen LogP contribution in [-0.2, 0) is 11.4 Å². The van der Waals surface area contributed by atoms with Crippen LogP contribution in [0.1, 0.15) is 19.4 Å². The van der Waals surface area contributed by atoms with E-state index in [4.69, 9.17) is 4.74 Å². The summed E-state index contributed by atoms with van der Waals surface area (Å²) in [4.78, 5) is 13.5. The molecule has 0 saturated carbocycles. The van der Waals surface area contributed by atoms with Crippen molar-refractivity contribution in [3.8, 4) is 5.75 Å². The summed E-state index contributed by atoms with van der Waals surface area (Å²) in [7, 11) is 2.02. The minimum atomic E-state index is -0.0967. The third-order valence-corrected chi connectivity index (χ3v) is 3.95. The molecular weight excluding hydrogens is 290 g/mol. The van der Waals surface area contributed by atoms with Crippen molar-refractivity contribution in [2.24, 2.45) is 0 Å². The van der Waals surface area contributed by atoms with Crippen molar-refractivity contribution in [2.75, 3.05) is 22.6 Å². The molecule has 2 N–H and O–H groups in total. The van der Waals surface area contributed by atoms with Gasteiger partial charge < -0.3 is 20.3 Å². The number of carbonyl (C=O) groups excluding carboxylic acids is 1. The van der Waals surface area contributed by atoms with Crippen molar-refractivity contribution in [3.05, 3.63) is 48.0 Å². The summed E-state index contributed by atoms with van der Waals surface area (Å²) in [6.45, 7) is 4.07. The summed E-state index contributed by atoms with van der Waals surface area (Å²) in [5.41, 5.74) is 3.82. The molecule has 120 valence electrons. The van der Waals surface area contributed by atoms with E-state index in [0.29, 0.717) is 6.61 Å². The maximum atomic E-state index is 11.4. The number of ether oxygens (including phenoxy) is 1. The quantitative estimate of drug-likeness (QED) is 0.908. The van der Waals surface area contributed by atoms with Crippen molar-refractivity contribution in [3.63, 3.8) is 0 Å². The average Bonchev–Trinajstić information content (AvgIpc) is 2.81. The highest BCUT2D eigenvalue weighted by molar-refractivity contribution is 5.93. The van der Waals surface area contributed by atoms with E-state index in [-0.39, 0.29) is 12.1 Å². The van der Waals surface area contributed by atoms with E-state index in [2.05, 4.69) is 22.5 Å². The van der Waals surface area contributed by atoms with Gasteiger partial charge in [0.15, 0.2) is 0 Å². The van der Waals surface area contributed by atoms with E-state index in [1.807, 2.05) is 49.5 Å². The van der Waals surface area contributed by atoms with Gasteiger partial charge in [-0.2, -0.15) is 0 Å². The zero-order valence-electron chi connectivity index (χ0n) is 13.6. The van der Waals surface area contributed by atoms with Crippen molar-refractivity contribution in [1.29, 1.82) is 0 Å². The number of benzene rings is 2. The molecule has 2 aromatic rings. The first kappa shape index (κ1) is 15.2. The predicted octanol–water partition coefficient (Wildman–Crippen LogP) is 3.43. The lowest BCUT2D eigenvalue weighted by molar-refractivity contribution is -0.114. The normalized spacial score (nSPS) is 15.8. The molecule has 1 unspecified atom stereocenters. The van der Waals surface area contributed by atoms with Crippen molar-refractivity contribution >= 4 is 23.0 Å². The molecule has 5 heteroatoms. The Morgan fingerprint density at radius 1 is 1.30 bits per heavy atom. The molecule has 0 spiro atoms. The molecule has 0 fully saturated rings. The highest BCUT2D eigenvalue weighted by Gasteiger charge is 2.26. The van der Waals surface area contributed by atoms with Crippen molar-refractivity contribution in [1.82, 2.24) is 0 Å². The summed E-state index contributed by atoms with van der Waals surface area (Å²) >= 11 is 0. The number of nitrogens with zero attached hydrogens (tertiary/aromatic N) is 1. The lowest BCUT2D eigenvalue weighted by atomic mass is 10.2. The first-order chi connectivity index (χ1) is 11.0. The van der Waals surface area contributed by atoms with Crippen LogP contribution in [0, 0.1) is 0 Å². The van der Waals surface area contributed by atoms with E-state index < -0.39 is 0 Å². The Morgan fingerprint density at radius 3 is 2.74 bits per heavy atom. The Hall–Kier alpha value is -2.69. The Kier molecular flexibility index (Phi) is 4.10. The minimum Gasteiger partial charge on any atom is -0.487 e. The van der Waals surface area contributed by atoms with Crippen LogP contribution in [0.25, 0.3) is 0 Å². The van der Waals surface area contributed by atoms with Crippen LogP contribution in [0.4, 0.5) is 17.1 Å². The van der Waals surface area contributed by atoms with E-state index in [1.54, 1.807) is 0 Å². The van der Waals surface area contributed by atoms with Crippen molar-refractivity contribution < 1.29 is 9.53 Å². The molecular formula is C18H21N3O2. The van der Waals surface area contributed by atoms with Gasteiger partial charge in [0.05, 0.1) is 11.9 Å². The van der Waals surface area contributed by atoms with Crippen molar-refractivity contribution in [2.45, 2.75) is 26.6 Å². The SMILES string of the molecule is CC(=O)Nc1cc(OCc2ccccc2)c2c(c1)N(C)C(C)N2. The molecule has 3 rings (SSSR count). The van der Waals surface area contributed by atoms with Crippen LogP contribution >= 0.6 is 0 Å². The van der Waals surface area contributed by atoms with Gasteiger partial charge in [0.1, 0.15) is 18.0 Å². The fourth-order valence-corrected chi connectivity index (χ4v) is 2.66. The smallest absolute Gasteiger partial charge is 0.221 e. The third-order valence-electron chi connectivity index (χ3n) is 3.95. The van der Waals surface area contributed by atoms with Crippen LogP contribution in [0.15, 0.2) is 42.5 Å². The number of hydrogen-bond acceptors (Lipinski definition) is 4. The van der Waals surface area contributed by atoms with Crippen LogP contribution < -0.4 is 20.3 Å². The summed E-state index contributed by atoms with van der Waals surface area (Å²) in [6, 6.07) is 13.8. The van der Waals surface area contributed by atoms with E-state index in [1.165, 1.54) is 6.92 Å². The van der Waals surface area contributed by atoms with Gasteiger partial charge in [0.2, 0.25) is 5.91 Å². The Morgan fingerprint density at radius 2 is 2.04 bits per heavy atom. The third kappa shape index (κ3) is 3.23. The Labute approximate surface area is 136 Å². The second-order valence-electron chi connectivity index (χ2n) is 5.76. The number of amides is 1. The summed E-state index contributed by atoms with van der Waals surface area (Å²) in [6.07, 6.45) is 0.177. The fraction of sp³-hybridized carbons (Fsp3) is 0.278. The van der Waals surface area contributed by atoms with Crippen LogP contribution in [0.3, 0.4) is 0 Å². The fourth-order valence-electron chi connectivity index (χ4n) is 2.66. The number of rotatable bonds is 4. The molecule has 0 saturated heterocycles. The number of hydrogen-bond donors (Lipinski definition) is 2. The van der Waals surface area contributed by atoms with Gasteiger partial charge in [-0.1, -0.05) is 30.3 Å². The van der Waals surface area contributed by atoms with E-state index >= 15 is 0 Å². The first-order valence-corrected chi connectivity index (χ1v) is 7.66. The van der Waals surface area contributed by atoms with Gasteiger partial charge >= 0.3 is 0 Å². The van der Waals surface area contributed by atoms with E-state index in [0.717, 1.165) is 28.4 Å². The number of anilines is 3. The number of carbonyl (C=O) groups is 1. The summed E-state index contributed by atoms with van der Waals surface area (Å²) in [5.74, 6) is 0.645. The minimum absolute atomic E-state index is 0.0967. The monoisotopic (exact) mass is 311 g/mol. The first-order valence-electron chi connectivity index (χ1n) is 7.66. The van der Waals surface area contributed by atoms with Crippen LogP contribution in [0.2, 0.25) is 0 Å². The highest BCUT2D eigenvalue weighted by Crippen LogP contribution is 2.43. The molecule has 1 aliphatic rings. The topological polar surface area (TPSA) is 53.6 Å². The Balaban J connectivity index is 1.90. The van der Waals surface area contributed by atoms with Crippen LogP contribution in [0.5, 0.6) is 5.75 Å². The summed E-state index contributed by atoms with van der Waals surface area (Å²) in [5, 5.41) is 6.26. The molecule has 0 aromatic heterocycles. The molecule has 1 amide bonds. The van der Waals surface area contributed by atoms with E-state index in [9.17, 15) is 4.79 Å². The lowest BCUT2D eigenvalue weighted by Gasteiger charge is -2.17. The van der Waals surface area contributed by atoms with Gasteiger partial charge in [-0.15, -0.1) is 0 Å². The van der Waals surface area contributed by atoms with Gasteiger partial charge in [-0.3, -0.25) is 4.79 Å². The standard InChI is InChI=1S/C18H21N3O2/c1-12-19-18-16(21(12)3)9-15(20-13(2)22)10-17(18)23-11-14-7-5-4-6-8-14/h4-10,12,19H,11H2,1-3H3,(H,20,22). The molecule has 1 heterocycles. The molecule has 5 nitrogen and oxygen atoms in total. The average molecular weight is 311 g/mol. The van der Waals surface area contributed by atoms with Gasteiger partial charge in [-0.05, 0) is 18.6 Å². The van der Waals surface area contributed by atoms with Gasteiger partial charge in [0, 0.05) is 25.7 Å². The zero-order chi connectivity index (χ0) is 16.4. The van der Waals surface area contributed by atoms with Crippen LogP contribution in [-0.4, -0.2) is 19.1 Å². The number of nitrogens with one attached hydrogen (secondary N) is 2. The highest BCUT2D eigenvalue weighted by atomic mass is 16.5. The zero-order valence-corrected chi connectivity index (χ0v) is 13.6. The molecule has 1 atom stereocenters. The molecule has 0 radical (unpaired) electrons.